The van der Waals surface area contributed by atoms with Gasteiger partial charge in [0.1, 0.15) is 0 Å². The molecule has 6 nitrogen and oxygen atoms in total. The summed E-state index contributed by atoms with van der Waals surface area (Å²) in [6.45, 7) is 0. The summed E-state index contributed by atoms with van der Waals surface area (Å²) < 4.78 is 77.8. The van der Waals surface area contributed by atoms with Gasteiger partial charge < -0.3 is 14.8 Å². The van der Waals surface area contributed by atoms with Crippen LogP contribution in [0.1, 0.15) is 24.3 Å². The maximum atomic E-state index is 13.5. The van der Waals surface area contributed by atoms with Crippen LogP contribution in [0.4, 0.5) is 22.0 Å². The lowest BCUT2D eigenvalue weighted by Gasteiger charge is -2.20. The number of hydrogen-bond donors (Lipinski definition) is 3. The molecule has 0 aromatic heterocycles. The molecule has 0 saturated heterocycles. The lowest BCUT2D eigenvalue weighted by Crippen LogP contribution is -2.14. The summed E-state index contributed by atoms with van der Waals surface area (Å²) in [5, 5.41) is 9.58. The summed E-state index contributed by atoms with van der Waals surface area (Å²) in [5.74, 6) is -11.3. The summed E-state index contributed by atoms with van der Waals surface area (Å²) in [6, 6.07) is 0. The maximum Gasteiger partial charge on any atom is 0.324 e. The molecule has 1 unspecified atom stereocenters. The van der Waals surface area contributed by atoms with Crippen molar-refractivity contribution in [1.29, 1.82) is 0 Å². The van der Waals surface area contributed by atoms with E-state index in [4.69, 9.17) is 0 Å². The Morgan fingerprint density at radius 2 is 1.52 bits per heavy atom. The van der Waals surface area contributed by atoms with Crippen molar-refractivity contribution in [2.75, 3.05) is 6.16 Å². The van der Waals surface area contributed by atoms with Crippen molar-refractivity contribution in [2.45, 2.75) is 18.7 Å². The van der Waals surface area contributed by atoms with Gasteiger partial charge in [0.2, 0.25) is 13.2 Å². The fourth-order valence-electron chi connectivity index (χ4n) is 1.68. The Hall–Kier alpha value is -1.55. The lowest BCUT2D eigenvalue weighted by molar-refractivity contribution is -0.144. The van der Waals surface area contributed by atoms with Crippen LogP contribution in [0.15, 0.2) is 0 Å². The van der Waals surface area contributed by atoms with Gasteiger partial charge >= 0.3 is 5.97 Å². The molecule has 0 radical (unpaired) electrons. The number of aliphatic hydroxyl groups is 1. The van der Waals surface area contributed by atoms with Crippen molar-refractivity contribution in [3.05, 3.63) is 34.6 Å². The zero-order valence-electron chi connectivity index (χ0n) is 11.2. The van der Waals surface area contributed by atoms with Gasteiger partial charge in [-0.25, -0.2) is 22.0 Å². The SMILES string of the molecule is NOC(=O)CCCP(=O)(O)[C@H](O)c1c(F)c(F)c(F)c(F)c1F. The highest BCUT2D eigenvalue weighted by atomic mass is 31.2. The molecule has 12 heteroatoms. The molecule has 130 valence electrons. The number of carbonyl (C=O) groups is 1. The monoisotopic (exact) mass is 363 g/mol. The molecule has 0 spiro atoms. The maximum absolute atomic E-state index is 13.5. The second-order valence-corrected chi connectivity index (χ2v) is 6.88. The van der Waals surface area contributed by atoms with Crippen molar-refractivity contribution in [1.82, 2.24) is 0 Å². The topological polar surface area (TPSA) is 110 Å². The molecular weight excluding hydrogens is 352 g/mol. The Balaban J connectivity index is 3.11. The lowest BCUT2D eigenvalue weighted by atomic mass is 10.2. The van der Waals surface area contributed by atoms with E-state index in [0.29, 0.717) is 0 Å². The molecule has 0 bridgehead atoms. The molecular formula is C11H11F5NO5P. The summed E-state index contributed by atoms with van der Waals surface area (Å²) in [4.78, 5) is 24.1. The minimum atomic E-state index is -4.81. The number of carbonyl (C=O) groups excluding carboxylic acids is 1. The molecule has 1 rings (SSSR count). The van der Waals surface area contributed by atoms with Crippen molar-refractivity contribution < 1.29 is 46.1 Å². The largest absolute Gasteiger partial charge is 0.378 e. The van der Waals surface area contributed by atoms with Crippen molar-refractivity contribution in [3.8, 4) is 0 Å². The molecule has 4 N–H and O–H groups in total. The molecule has 0 aliphatic heterocycles. The molecule has 0 fully saturated rings. The number of halogens is 5. The Morgan fingerprint density at radius 1 is 1.09 bits per heavy atom. The fraction of sp³-hybridized carbons (Fsp3) is 0.364. The zero-order valence-corrected chi connectivity index (χ0v) is 12.1. The highest BCUT2D eigenvalue weighted by Gasteiger charge is 2.38. The van der Waals surface area contributed by atoms with E-state index in [2.05, 4.69) is 10.7 Å². The summed E-state index contributed by atoms with van der Waals surface area (Å²) >= 11 is 0. The third-order valence-corrected chi connectivity index (χ3v) is 4.85. The molecule has 0 aliphatic rings. The number of nitrogens with two attached hydrogens (primary N) is 1. The Morgan fingerprint density at radius 3 is 1.96 bits per heavy atom. The predicted molar refractivity (Wildman–Crippen MR) is 65.4 cm³/mol. The fourth-order valence-corrected chi connectivity index (χ4v) is 3.17. The first-order valence-electron chi connectivity index (χ1n) is 5.95. The quantitative estimate of drug-likeness (QED) is 0.234. The Bertz CT molecular complexity index is 642. The van der Waals surface area contributed by atoms with E-state index in [-0.39, 0.29) is 6.42 Å². The van der Waals surface area contributed by atoms with Crippen LogP contribution in [-0.2, 0) is 14.2 Å². The molecule has 2 atom stereocenters. The Kier molecular flexibility index (Phi) is 6.23. The molecule has 0 amide bonds. The average molecular weight is 363 g/mol. The van der Waals surface area contributed by atoms with E-state index >= 15 is 0 Å². The summed E-state index contributed by atoms with van der Waals surface area (Å²) in [5.41, 5.74) is -1.81. The summed E-state index contributed by atoms with van der Waals surface area (Å²) in [7, 11) is -4.81. The third kappa shape index (κ3) is 4.05. The average Bonchev–Trinajstić information content (AvgIpc) is 2.50. The van der Waals surface area contributed by atoms with Crippen LogP contribution in [0.3, 0.4) is 0 Å². The van der Waals surface area contributed by atoms with E-state index < -0.39 is 66.4 Å². The van der Waals surface area contributed by atoms with Gasteiger partial charge in [0.05, 0.1) is 5.56 Å². The van der Waals surface area contributed by atoms with Gasteiger partial charge in [-0.3, -0.25) is 9.36 Å². The van der Waals surface area contributed by atoms with Gasteiger partial charge in [0.15, 0.2) is 29.1 Å². The molecule has 0 aliphatic carbocycles. The van der Waals surface area contributed by atoms with Crippen LogP contribution in [0.25, 0.3) is 0 Å². The molecule has 0 saturated carbocycles. The van der Waals surface area contributed by atoms with E-state index in [9.17, 15) is 41.3 Å². The van der Waals surface area contributed by atoms with Crippen LogP contribution in [-0.4, -0.2) is 22.1 Å². The smallest absolute Gasteiger partial charge is 0.324 e. The van der Waals surface area contributed by atoms with Gasteiger partial charge in [-0.05, 0) is 6.42 Å². The minimum absolute atomic E-state index is 0.379. The van der Waals surface area contributed by atoms with Crippen molar-refractivity contribution in [2.24, 2.45) is 5.90 Å². The van der Waals surface area contributed by atoms with Crippen LogP contribution < -0.4 is 5.90 Å². The zero-order chi connectivity index (χ0) is 17.9. The normalized spacial score (nSPS) is 15.1. The van der Waals surface area contributed by atoms with Gasteiger partial charge in [0.25, 0.3) is 0 Å². The van der Waals surface area contributed by atoms with E-state index in [1.54, 1.807) is 0 Å². The van der Waals surface area contributed by atoms with Crippen LogP contribution >= 0.6 is 7.37 Å². The third-order valence-electron chi connectivity index (χ3n) is 2.87. The van der Waals surface area contributed by atoms with Crippen molar-refractivity contribution >= 4 is 13.3 Å². The number of rotatable bonds is 6. The summed E-state index contributed by atoms with van der Waals surface area (Å²) in [6.07, 6.45) is -1.68. The van der Waals surface area contributed by atoms with Gasteiger partial charge in [-0.1, -0.05) is 0 Å². The number of aliphatic hydroxyl groups excluding tert-OH is 1. The number of hydrogen-bond acceptors (Lipinski definition) is 5. The Labute approximate surface area is 126 Å². The van der Waals surface area contributed by atoms with Crippen molar-refractivity contribution in [3.63, 3.8) is 0 Å². The van der Waals surface area contributed by atoms with E-state index in [1.165, 1.54) is 0 Å². The van der Waals surface area contributed by atoms with E-state index in [0.717, 1.165) is 0 Å². The van der Waals surface area contributed by atoms with Gasteiger partial charge in [-0.15, -0.1) is 0 Å². The first-order valence-corrected chi connectivity index (χ1v) is 7.86. The van der Waals surface area contributed by atoms with Crippen LogP contribution in [0.2, 0.25) is 0 Å². The van der Waals surface area contributed by atoms with Gasteiger partial charge in [-0.2, -0.15) is 5.90 Å². The second-order valence-electron chi connectivity index (χ2n) is 4.43. The minimum Gasteiger partial charge on any atom is -0.378 e. The molecule has 0 heterocycles. The second kappa shape index (κ2) is 7.35. The molecule has 1 aromatic rings. The standard InChI is InChI=1S/C11H11F5NO5P/c12-6-5(7(13)9(15)10(16)8(6)14)11(19)23(20,21)3-1-2-4(18)22-17/h11,19H,1-3,17H2,(H,20,21)/t11-/m0/s1. The van der Waals surface area contributed by atoms with E-state index in [1.807, 2.05) is 0 Å². The van der Waals surface area contributed by atoms with Crippen LogP contribution in [0.5, 0.6) is 0 Å². The van der Waals surface area contributed by atoms with Crippen LogP contribution in [0, 0.1) is 29.1 Å². The first-order chi connectivity index (χ1) is 10.5. The first kappa shape index (κ1) is 19.5. The molecule has 23 heavy (non-hydrogen) atoms. The molecule has 1 aromatic carbocycles. The highest BCUT2D eigenvalue weighted by Crippen LogP contribution is 2.55. The predicted octanol–water partition coefficient (Wildman–Crippen LogP) is 1.84. The highest BCUT2D eigenvalue weighted by molar-refractivity contribution is 7.58. The van der Waals surface area contributed by atoms with Gasteiger partial charge in [0, 0.05) is 12.6 Å². The number of benzene rings is 1.